The summed E-state index contributed by atoms with van der Waals surface area (Å²) in [5.41, 5.74) is 1.05. The largest absolute Gasteiger partial charge is 0.372 e. The predicted octanol–water partition coefficient (Wildman–Crippen LogP) is 0.671. The molecule has 0 aliphatic rings. The van der Waals surface area contributed by atoms with Crippen molar-refractivity contribution >= 4 is 16.7 Å². The minimum atomic E-state index is -0.185. The SMILES string of the molecule is CNc1cnc(Cn2nnc3ccccc3c2=O)cn1. The minimum Gasteiger partial charge on any atom is -0.372 e. The van der Waals surface area contributed by atoms with Gasteiger partial charge in [-0.05, 0) is 12.1 Å². The molecule has 1 aromatic carbocycles. The van der Waals surface area contributed by atoms with Gasteiger partial charge in [-0.3, -0.25) is 9.78 Å². The summed E-state index contributed by atoms with van der Waals surface area (Å²) in [6.45, 7) is 0.244. The molecule has 0 aliphatic carbocycles. The van der Waals surface area contributed by atoms with Crippen molar-refractivity contribution in [2.45, 2.75) is 6.54 Å². The number of nitrogens with zero attached hydrogens (tertiary/aromatic N) is 5. The monoisotopic (exact) mass is 268 g/mol. The molecule has 0 amide bonds. The zero-order chi connectivity index (χ0) is 13.9. The Bertz CT molecular complexity index is 796. The molecule has 0 atom stereocenters. The van der Waals surface area contributed by atoms with Crippen LogP contribution in [-0.4, -0.2) is 32.0 Å². The Morgan fingerprint density at radius 1 is 1.20 bits per heavy atom. The highest BCUT2D eigenvalue weighted by molar-refractivity contribution is 5.76. The lowest BCUT2D eigenvalue weighted by Crippen LogP contribution is -2.25. The third-order valence-electron chi connectivity index (χ3n) is 2.90. The second-order valence-corrected chi connectivity index (χ2v) is 4.21. The van der Waals surface area contributed by atoms with Crippen molar-refractivity contribution < 1.29 is 0 Å². The van der Waals surface area contributed by atoms with E-state index in [9.17, 15) is 4.79 Å². The molecule has 0 spiro atoms. The molecule has 0 radical (unpaired) electrons. The molecular formula is C13H12N6O. The fraction of sp³-hybridized carbons (Fsp3) is 0.154. The molecule has 0 fully saturated rings. The van der Waals surface area contributed by atoms with Crippen LogP contribution in [0.15, 0.2) is 41.5 Å². The molecule has 0 saturated heterocycles. The van der Waals surface area contributed by atoms with Crippen LogP contribution in [0, 0.1) is 0 Å². The van der Waals surface area contributed by atoms with E-state index in [1.807, 2.05) is 6.07 Å². The molecule has 3 aromatic rings. The Labute approximate surface area is 114 Å². The van der Waals surface area contributed by atoms with E-state index in [2.05, 4.69) is 25.6 Å². The molecular weight excluding hydrogens is 256 g/mol. The number of fused-ring (bicyclic) bond motifs is 1. The van der Waals surface area contributed by atoms with Crippen LogP contribution in [0.2, 0.25) is 0 Å². The average Bonchev–Trinajstić information content (AvgIpc) is 2.51. The number of hydrogen-bond acceptors (Lipinski definition) is 6. The third kappa shape index (κ3) is 2.20. The lowest BCUT2D eigenvalue weighted by molar-refractivity contribution is 0.590. The normalized spacial score (nSPS) is 10.7. The van der Waals surface area contributed by atoms with Gasteiger partial charge in [0, 0.05) is 7.05 Å². The van der Waals surface area contributed by atoms with E-state index in [1.54, 1.807) is 37.6 Å². The highest BCUT2D eigenvalue weighted by Gasteiger charge is 2.06. The van der Waals surface area contributed by atoms with E-state index in [-0.39, 0.29) is 12.1 Å². The van der Waals surface area contributed by atoms with E-state index in [1.165, 1.54) is 4.68 Å². The number of aromatic nitrogens is 5. The van der Waals surface area contributed by atoms with Gasteiger partial charge in [0.05, 0.1) is 30.0 Å². The fourth-order valence-corrected chi connectivity index (χ4v) is 1.85. The Morgan fingerprint density at radius 2 is 2.05 bits per heavy atom. The summed E-state index contributed by atoms with van der Waals surface area (Å²) >= 11 is 0. The summed E-state index contributed by atoms with van der Waals surface area (Å²) in [6.07, 6.45) is 3.21. The molecule has 100 valence electrons. The van der Waals surface area contributed by atoms with Crippen molar-refractivity contribution in [3.8, 4) is 0 Å². The van der Waals surface area contributed by atoms with Gasteiger partial charge in [0.15, 0.2) is 0 Å². The molecule has 2 heterocycles. The smallest absolute Gasteiger partial charge is 0.277 e. The van der Waals surface area contributed by atoms with Crippen molar-refractivity contribution in [1.82, 2.24) is 25.0 Å². The minimum absolute atomic E-state index is 0.185. The molecule has 1 N–H and O–H groups in total. The molecule has 0 aliphatic heterocycles. The van der Waals surface area contributed by atoms with Gasteiger partial charge in [-0.25, -0.2) is 9.67 Å². The van der Waals surface area contributed by atoms with Crippen LogP contribution in [0.1, 0.15) is 5.69 Å². The second kappa shape index (κ2) is 5.04. The highest BCUT2D eigenvalue weighted by atomic mass is 16.1. The average molecular weight is 268 g/mol. The summed E-state index contributed by atoms with van der Waals surface area (Å²) < 4.78 is 1.28. The maximum absolute atomic E-state index is 12.3. The summed E-state index contributed by atoms with van der Waals surface area (Å²) in [7, 11) is 1.77. The van der Waals surface area contributed by atoms with Crippen LogP contribution in [0.3, 0.4) is 0 Å². The van der Waals surface area contributed by atoms with Crippen LogP contribution < -0.4 is 10.9 Å². The topological polar surface area (TPSA) is 85.6 Å². The van der Waals surface area contributed by atoms with Gasteiger partial charge in [-0.2, -0.15) is 0 Å². The molecule has 3 rings (SSSR count). The van der Waals surface area contributed by atoms with E-state index in [0.717, 1.165) is 0 Å². The summed E-state index contributed by atoms with van der Waals surface area (Å²) in [5.74, 6) is 0.672. The van der Waals surface area contributed by atoms with Crippen molar-refractivity contribution in [1.29, 1.82) is 0 Å². The van der Waals surface area contributed by atoms with Gasteiger partial charge in [-0.1, -0.05) is 17.3 Å². The summed E-state index contributed by atoms with van der Waals surface area (Å²) in [4.78, 5) is 20.6. The van der Waals surface area contributed by atoms with Crippen LogP contribution in [0.5, 0.6) is 0 Å². The van der Waals surface area contributed by atoms with E-state index in [4.69, 9.17) is 0 Å². The van der Waals surface area contributed by atoms with Crippen LogP contribution >= 0.6 is 0 Å². The van der Waals surface area contributed by atoms with Gasteiger partial charge >= 0.3 is 0 Å². The van der Waals surface area contributed by atoms with Crippen LogP contribution in [0.25, 0.3) is 10.9 Å². The molecule has 0 unspecified atom stereocenters. The van der Waals surface area contributed by atoms with Gasteiger partial charge in [-0.15, -0.1) is 5.10 Å². The first kappa shape index (κ1) is 12.2. The number of hydrogen-bond donors (Lipinski definition) is 1. The van der Waals surface area contributed by atoms with Crippen molar-refractivity contribution in [3.63, 3.8) is 0 Å². The number of benzene rings is 1. The second-order valence-electron chi connectivity index (χ2n) is 4.21. The van der Waals surface area contributed by atoms with Crippen molar-refractivity contribution in [2.24, 2.45) is 0 Å². The highest BCUT2D eigenvalue weighted by Crippen LogP contribution is 2.04. The van der Waals surface area contributed by atoms with Crippen molar-refractivity contribution in [3.05, 3.63) is 52.7 Å². The summed E-state index contributed by atoms with van der Waals surface area (Å²) in [6, 6.07) is 7.12. The number of nitrogens with one attached hydrogen (secondary N) is 1. The standard InChI is InChI=1S/C13H12N6O/c1-14-12-7-15-9(6-16-12)8-19-13(20)10-4-2-3-5-11(10)17-18-19/h2-7H,8H2,1H3,(H,14,16). The Morgan fingerprint density at radius 3 is 2.80 bits per heavy atom. The van der Waals surface area contributed by atoms with E-state index < -0.39 is 0 Å². The van der Waals surface area contributed by atoms with Crippen LogP contribution in [-0.2, 0) is 6.54 Å². The van der Waals surface area contributed by atoms with Gasteiger partial charge in [0.1, 0.15) is 11.3 Å². The molecule has 20 heavy (non-hydrogen) atoms. The van der Waals surface area contributed by atoms with Gasteiger partial charge in [0.2, 0.25) is 0 Å². The lowest BCUT2D eigenvalue weighted by atomic mass is 10.2. The van der Waals surface area contributed by atoms with Gasteiger partial charge < -0.3 is 5.32 Å². The first-order valence-electron chi connectivity index (χ1n) is 6.09. The zero-order valence-electron chi connectivity index (χ0n) is 10.8. The first-order valence-corrected chi connectivity index (χ1v) is 6.09. The lowest BCUT2D eigenvalue weighted by Gasteiger charge is -2.04. The molecule has 7 nitrogen and oxygen atoms in total. The summed E-state index contributed by atoms with van der Waals surface area (Å²) in [5, 5.41) is 11.4. The van der Waals surface area contributed by atoms with Crippen LogP contribution in [0.4, 0.5) is 5.82 Å². The number of anilines is 1. The maximum Gasteiger partial charge on any atom is 0.277 e. The molecule has 7 heteroatoms. The first-order chi connectivity index (χ1) is 9.78. The van der Waals surface area contributed by atoms with E-state index in [0.29, 0.717) is 22.4 Å². The van der Waals surface area contributed by atoms with Gasteiger partial charge in [0.25, 0.3) is 5.56 Å². The van der Waals surface area contributed by atoms with Crippen molar-refractivity contribution in [2.75, 3.05) is 12.4 Å². The predicted molar refractivity (Wildman–Crippen MR) is 74.5 cm³/mol. The molecule has 0 bridgehead atoms. The Balaban J connectivity index is 1.98. The molecule has 0 saturated carbocycles. The maximum atomic E-state index is 12.3. The quantitative estimate of drug-likeness (QED) is 0.751. The fourth-order valence-electron chi connectivity index (χ4n) is 1.85. The third-order valence-corrected chi connectivity index (χ3v) is 2.90. The Kier molecular flexibility index (Phi) is 3.08. The Hall–Kier alpha value is -2.83. The zero-order valence-corrected chi connectivity index (χ0v) is 10.8. The molecule has 2 aromatic heterocycles. The van der Waals surface area contributed by atoms with E-state index >= 15 is 0 Å². The number of rotatable bonds is 3.